The van der Waals surface area contributed by atoms with Gasteiger partial charge in [-0.15, -0.1) is 0 Å². The highest BCUT2D eigenvalue weighted by molar-refractivity contribution is 5.00. The first-order valence-electron chi connectivity index (χ1n) is 15.1. The van der Waals surface area contributed by atoms with Gasteiger partial charge in [-0.3, -0.25) is 0 Å². The van der Waals surface area contributed by atoms with Gasteiger partial charge in [0.25, 0.3) is 0 Å². The summed E-state index contributed by atoms with van der Waals surface area (Å²) in [6.07, 6.45) is -20.2. The van der Waals surface area contributed by atoms with E-state index >= 15 is 0 Å². The van der Waals surface area contributed by atoms with Crippen molar-refractivity contribution in [2.24, 2.45) is 22.9 Å². The Morgan fingerprint density at radius 3 is 1.09 bits per heavy atom. The summed E-state index contributed by atoms with van der Waals surface area (Å²) in [6.45, 7) is -0.875. The maximum atomic E-state index is 11.1. The molecule has 0 bridgehead atoms. The molecule has 20 nitrogen and oxygen atoms in total. The van der Waals surface area contributed by atoms with Gasteiger partial charge in [-0.2, -0.15) is 0 Å². The van der Waals surface area contributed by atoms with Crippen LogP contribution in [0.25, 0.3) is 0 Å². The predicted octanol–water partition coefficient (Wildman–Crippen LogP) is -8.16. The van der Waals surface area contributed by atoms with Crippen LogP contribution in [0.4, 0.5) is 0 Å². The van der Waals surface area contributed by atoms with E-state index in [0.29, 0.717) is 0 Å². The second-order valence-electron chi connectivity index (χ2n) is 12.0. The molecule has 0 amide bonds. The Kier molecular flexibility index (Phi) is 13.4. The van der Waals surface area contributed by atoms with Gasteiger partial charge in [0.05, 0.1) is 56.7 Å². The SMILES string of the molecule is COC1C(CO)OC(OC2C(CO)OC(OC3C(CO)OC(OC4C(CO)OC(C)C(N)C4O)C(N)C3O)C(N)C2O)C(N)C1O. The minimum absolute atomic E-state index is 0.524. The van der Waals surface area contributed by atoms with Crippen molar-refractivity contribution >= 4 is 0 Å². The van der Waals surface area contributed by atoms with Crippen LogP contribution in [-0.4, -0.2) is 197 Å². The average molecular weight is 675 g/mol. The molecular weight excluding hydrogens is 624 g/mol. The lowest BCUT2D eigenvalue weighted by atomic mass is 9.93. The number of aliphatic hydroxyl groups is 8. The molecule has 0 radical (unpaired) electrons. The lowest BCUT2D eigenvalue weighted by Gasteiger charge is -2.49. The van der Waals surface area contributed by atoms with Gasteiger partial charge in [0.15, 0.2) is 18.9 Å². The fourth-order valence-corrected chi connectivity index (χ4v) is 6.20. The maximum Gasteiger partial charge on any atom is 0.176 e. The van der Waals surface area contributed by atoms with Crippen LogP contribution in [0.3, 0.4) is 0 Å². The van der Waals surface area contributed by atoms with Gasteiger partial charge >= 0.3 is 0 Å². The van der Waals surface area contributed by atoms with Crippen LogP contribution in [-0.2, 0) is 37.9 Å². The molecule has 0 aromatic rings. The third kappa shape index (κ3) is 7.51. The molecule has 0 aromatic carbocycles. The van der Waals surface area contributed by atoms with E-state index in [2.05, 4.69) is 0 Å². The van der Waals surface area contributed by atoms with Gasteiger partial charge in [0.1, 0.15) is 73.2 Å². The van der Waals surface area contributed by atoms with Gasteiger partial charge in [0.2, 0.25) is 0 Å². The highest BCUT2D eigenvalue weighted by atomic mass is 16.8. The van der Waals surface area contributed by atoms with Crippen LogP contribution in [0.1, 0.15) is 6.92 Å². The maximum absolute atomic E-state index is 11.1. The molecule has 0 aromatic heterocycles. The van der Waals surface area contributed by atoms with Crippen molar-refractivity contribution in [3.8, 4) is 0 Å². The quantitative estimate of drug-likeness (QED) is 0.0967. The first-order valence-corrected chi connectivity index (χ1v) is 15.1. The molecule has 16 N–H and O–H groups in total. The zero-order chi connectivity index (χ0) is 34.0. The van der Waals surface area contributed by atoms with Crippen LogP contribution < -0.4 is 22.9 Å². The molecule has 0 aliphatic carbocycles. The van der Waals surface area contributed by atoms with E-state index in [0.717, 1.165) is 0 Å². The van der Waals surface area contributed by atoms with Gasteiger partial charge in [-0.25, -0.2) is 0 Å². The Morgan fingerprint density at radius 2 is 0.761 bits per heavy atom. The van der Waals surface area contributed by atoms with Gasteiger partial charge in [-0.1, -0.05) is 0 Å². The summed E-state index contributed by atoms with van der Waals surface area (Å²) in [6, 6.07) is -4.77. The largest absolute Gasteiger partial charge is 0.394 e. The normalized spacial score (nSPS) is 52.0. The van der Waals surface area contributed by atoms with Crippen LogP contribution in [0.5, 0.6) is 0 Å². The fraction of sp³-hybridized carbons (Fsp3) is 1.00. The van der Waals surface area contributed by atoms with Crippen molar-refractivity contribution < 1.29 is 78.7 Å². The lowest BCUT2D eigenvalue weighted by Crippen LogP contribution is -2.70. The summed E-state index contributed by atoms with van der Waals surface area (Å²) < 4.78 is 45.5. The predicted molar refractivity (Wildman–Crippen MR) is 150 cm³/mol. The smallest absolute Gasteiger partial charge is 0.176 e. The number of aliphatic hydroxyl groups excluding tert-OH is 8. The molecule has 4 fully saturated rings. The Hall–Kier alpha value is -0.800. The first-order chi connectivity index (χ1) is 21.8. The summed E-state index contributed by atoms with van der Waals surface area (Å²) in [5.41, 5.74) is 24.5. The van der Waals surface area contributed by atoms with Crippen molar-refractivity contribution in [3.05, 3.63) is 0 Å². The van der Waals surface area contributed by atoms with Gasteiger partial charge in [-0.05, 0) is 6.92 Å². The standard InChI is InChI=1S/C26H50N4O16/c1-7-12(27)16(35)21(9(4-32)40-7)44-25-14(29)18(37)23(11(6-34)42-25)46-26-15(30)19(38)22(10(5-33)43-26)45-24-13(28)17(36)20(39-2)8(3-31)41-24/h7-26,31-38H,3-6,27-30H2,1-2H3. The molecule has 4 aliphatic heterocycles. The molecule has 0 spiro atoms. The summed E-state index contributed by atoms with van der Waals surface area (Å²) in [7, 11) is 1.31. The van der Waals surface area contributed by atoms with Crippen LogP contribution in [0, 0.1) is 0 Å². The minimum atomic E-state index is -1.59. The molecule has 46 heavy (non-hydrogen) atoms. The number of ether oxygens (including phenoxy) is 8. The van der Waals surface area contributed by atoms with E-state index in [1.165, 1.54) is 7.11 Å². The highest BCUT2D eigenvalue weighted by Gasteiger charge is 2.54. The van der Waals surface area contributed by atoms with E-state index in [1.54, 1.807) is 6.92 Å². The Balaban J connectivity index is 1.43. The van der Waals surface area contributed by atoms with Crippen LogP contribution >= 0.6 is 0 Å². The highest BCUT2D eigenvalue weighted by Crippen LogP contribution is 2.33. The third-order valence-corrected chi connectivity index (χ3v) is 9.06. The molecule has 20 unspecified atom stereocenters. The van der Waals surface area contributed by atoms with E-state index in [4.69, 9.17) is 60.8 Å². The molecule has 4 rings (SSSR count). The lowest BCUT2D eigenvalue weighted by molar-refractivity contribution is -0.356. The van der Waals surface area contributed by atoms with E-state index in [9.17, 15) is 40.9 Å². The van der Waals surface area contributed by atoms with Gasteiger partial charge < -0.3 is 102 Å². The number of hydrogen-bond donors (Lipinski definition) is 12. The summed E-state index contributed by atoms with van der Waals surface area (Å²) in [5.74, 6) is 0. The Morgan fingerprint density at radius 1 is 0.478 bits per heavy atom. The van der Waals surface area contributed by atoms with E-state index in [1.807, 2.05) is 0 Å². The topological polar surface area (TPSA) is 340 Å². The monoisotopic (exact) mass is 674 g/mol. The van der Waals surface area contributed by atoms with Crippen molar-refractivity contribution in [2.75, 3.05) is 33.5 Å². The molecule has 4 heterocycles. The number of rotatable bonds is 11. The Bertz CT molecular complexity index is 940. The number of nitrogens with two attached hydrogens (primary N) is 4. The zero-order valence-electron chi connectivity index (χ0n) is 25.5. The summed E-state index contributed by atoms with van der Waals surface area (Å²) in [4.78, 5) is 0. The molecule has 20 heteroatoms. The van der Waals surface area contributed by atoms with Gasteiger partial charge in [0, 0.05) is 7.11 Å². The molecule has 20 atom stereocenters. The number of methoxy groups -OCH3 is 1. The second-order valence-corrected chi connectivity index (χ2v) is 12.0. The molecule has 4 saturated heterocycles. The van der Waals surface area contributed by atoms with Crippen molar-refractivity contribution in [2.45, 2.75) is 129 Å². The molecule has 0 saturated carbocycles. The summed E-state index contributed by atoms with van der Waals surface area (Å²) >= 11 is 0. The average Bonchev–Trinajstić information content (AvgIpc) is 3.05. The molecule has 270 valence electrons. The first kappa shape index (κ1) is 38.0. The zero-order valence-corrected chi connectivity index (χ0v) is 25.5. The third-order valence-electron chi connectivity index (χ3n) is 9.06. The summed E-state index contributed by atoms with van der Waals surface area (Å²) in [5, 5.41) is 83.1. The molecular formula is C26H50N4O16. The van der Waals surface area contributed by atoms with Crippen molar-refractivity contribution in [3.63, 3.8) is 0 Å². The Labute approximate surface area is 264 Å². The second kappa shape index (κ2) is 16.3. The molecule has 4 aliphatic rings. The van der Waals surface area contributed by atoms with Crippen molar-refractivity contribution in [1.82, 2.24) is 0 Å². The van der Waals surface area contributed by atoms with Crippen LogP contribution in [0.2, 0.25) is 0 Å². The van der Waals surface area contributed by atoms with E-state index in [-0.39, 0.29) is 0 Å². The van der Waals surface area contributed by atoms with E-state index < -0.39 is 149 Å². The minimum Gasteiger partial charge on any atom is -0.394 e. The number of hydrogen-bond acceptors (Lipinski definition) is 20. The fourth-order valence-electron chi connectivity index (χ4n) is 6.20. The van der Waals surface area contributed by atoms with Crippen molar-refractivity contribution in [1.29, 1.82) is 0 Å². The van der Waals surface area contributed by atoms with Crippen LogP contribution in [0.15, 0.2) is 0 Å².